The molecule has 0 aliphatic rings. The molecule has 7 nitrogen and oxygen atoms in total. The minimum absolute atomic E-state index is 0.216. The van der Waals surface area contributed by atoms with Crippen molar-refractivity contribution in [3.63, 3.8) is 0 Å². The van der Waals surface area contributed by atoms with Gasteiger partial charge in [0.25, 0.3) is 0 Å². The lowest BCUT2D eigenvalue weighted by Crippen LogP contribution is -2.41. The van der Waals surface area contributed by atoms with E-state index in [0.717, 1.165) is 0 Å². The first kappa shape index (κ1) is 14.4. The number of hydrogen-bond acceptors (Lipinski definition) is 5. The van der Waals surface area contributed by atoms with Crippen molar-refractivity contribution >= 4 is 17.9 Å². The third kappa shape index (κ3) is 4.74. The molecule has 0 aromatic heterocycles. The Hall–Kier alpha value is -1.63. The number of hydrogen-bond donors (Lipinski definition) is 3. The highest BCUT2D eigenvalue weighted by atomic mass is 16.6. The summed E-state index contributed by atoms with van der Waals surface area (Å²) in [5.41, 5.74) is 5.42. The molecule has 0 aromatic carbocycles. The maximum atomic E-state index is 11.3. The van der Waals surface area contributed by atoms with Gasteiger partial charge in [-0.05, 0) is 5.92 Å². The van der Waals surface area contributed by atoms with Gasteiger partial charge in [0.15, 0.2) is 0 Å². The van der Waals surface area contributed by atoms with Crippen molar-refractivity contribution in [1.82, 2.24) is 0 Å². The first-order valence-electron chi connectivity index (χ1n) is 4.66. The summed E-state index contributed by atoms with van der Waals surface area (Å²) in [6.45, 7) is 3.33. The second kappa shape index (κ2) is 6.06. The van der Waals surface area contributed by atoms with Crippen LogP contribution in [0.1, 0.15) is 20.3 Å². The molecule has 0 aliphatic carbocycles. The Bertz CT molecular complexity index is 288. The molecule has 0 radical (unpaired) electrons. The van der Waals surface area contributed by atoms with Crippen molar-refractivity contribution in [2.24, 2.45) is 11.7 Å². The first-order valence-corrected chi connectivity index (χ1v) is 4.66. The molecule has 92 valence electrons. The lowest BCUT2D eigenvalue weighted by Gasteiger charge is -2.17. The molecule has 0 rings (SSSR count). The molecule has 4 N–H and O–H groups in total. The van der Waals surface area contributed by atoms with Crippen molar-refractivity contribution in [2.75, 3.05) is 0 Å². The predicted octanol–water partition coefficient (Wildman–Crippen LogP) is -0.559. The number of aliphatic carboxylic acids is 2. The number of rotatable bonds is 6. The summed E-state index contributed by atoms with van der Waals surface area (Å²) in [6, 6.07) is -0.962. The Labute approximate surface area is 92.2 Å². The van der Waals surface area contributed by atoms with Crippen LogP contribution in [0.3, 0.4) is 0 Å². The van der Waals surface area contributed by atoms with E-state index >= 15 is 0 Å². The van der Waals surface area contributed by atoms with Crippen LogP contribution in [0, 0.1) is 5.92 Å². The van der Waals surface area contributed by atoms with E-state index < -0.39 is 36.5 Å². The maximum absolute atomic E-state index is 11.3. The molecule has 7 heteroatoms. The lowest BCUT2D eigenvalue weighted by molar-refractivity contribution is -0.168. The van der Waals surface area contributed by atoms with Crippen LogP contribution in [0.4, 0.5) is 0 Å². The van der Waals surface area contributed by atoms with Crippen LogP contribution in [0.15, 0.2) is 0 Å². The van der Waals surface area contributed by atoms with Gasteiger partial charge >= 0.3 is 17.9 Å². The van der Waals surface area contributed by atoms with Crippen LogP contribution in [0.25, 0.3) is 0 Å². The summed E-state index contributed by atoms with van der Waals surface area (Å²) in [5.74, 6) is -4.00. The van der Waals surface area contributed by atoms with Gasteiger partial charge in [-0.15, -0.1) is 0 Å². The van der Waals surface area contributed by atoms with E-state index in [-0.39, 0.29) is 5.92 Å². The fraction of sp³-hybridized carbons (Fsp3) is 0.667. The predicted molar refractivity (Wildman–Crippen MR) is 52.6 cm³/mol. The number of nitrogens with two attached hydrogens (primary N) is 1. The van der Waals surface area contributed by atoms with E-state index in [1.165, 1.54) is 0 Å². The summed E-state index contributed by atoms with van der Waals surface area (Å²) >= 11 is 0. The fourth-order valence-corrected chi connectivity index (χ4v) is 0.829. The largest absolute Gasteiger partial charge is 0.481 e. The van der Waals surface area contributed by atoms with Crippen LogP contribution in [-0.4, -0.2) is 40.3 Å². The van der Waals surface area contributed by atoms with Gasteiger partial charge in [0.1, 0.15) is 6.04 Å². The molecule has 0 saturated heterocycles. The maximum Gasteiger partial charge on any atom is 0.345 e. The van der Waals surface area contributed by atoms with E-state index in [9.17, 15) is 14.4 Å². The highest BCUT2D eigenvalue weighted by Gasteiger charge is 2.28. The average molecular weight is 233 g/mol. The average Bonchev–Trinajstić information content (AvgIpc) is 2.14. The van der Waals surface area contributed by atoms with Crippen LogP contribution in [0.5, 0.6) is 0 Å². The van der Waals surface area contributed by atoms with E-state index in [0.29, 0.717) is 0 Å². The molecule has 0 heterocycles. The summed E-state index contributed by atoms with van der Waals surface area (Å²) in [6.07, 6.45) is -2.49. The SMILES string of the molecule is CC(C)C(N)C(=O)OC(CC(=O)O)C(=O)O. The standard InChI is InChI=1S/C9H15NO6/c1-4(2)7(10)9(15)16-5(8(13)14)3-6(11)12/h4-5,7H,3,10H2,1-2H3,(H,11,12)(H,13,14). The molecule has 2 unspecified atom stereocenters. The quantitative estimate of drug-likeness (QED) is 0.525. The Morgan fingerprint density at radius 1 is 1.25 bits per heavy atom. The van der Waals surface area contributed by atoms with E-state index in [4.69, 9.17) is 15.9 Å². The van der Waals surface area contributed by atoms with Gasteiger partial charge in [-0.3, -0.25) is 9.59 Å². The molecule has 0 aliphatic heterocycles. The molecular formula is C9H15NO6. The van der Waals surface area contributed by atoms with Gasteiger partial charge in [-0.2, -0.15) is 0 Å². The number of esters is 1. The summed E-state index contributed by atoms with van der Waals surface area (Å²) in [5, 5.41) is 17.0. The molecular weight excluding hydrogens is 218 g/mol. The summed E-state index contributed by atoms with van der Waals surface area (Å²) in [7, 11) is 0. The van der Waals surface area contributed by atoms with E-state index in [2.05, 4.69) is 4.74 Å². The highest BCUT2D eigenvalue weighted by Crippen LogP contribution is 2.06. The summed E-state index contributed by atoms with van der Waals surface area (Å²) < 4.78 is 4.50. The zero-order chi connectivity index (χ0) is 12.9. The lowest BCUT2D eigenvalue weighted by atomic mass is 10.1. The zero-order valence-electron chi connectivity index (χ0n) is 9.04. The van der Waals surface area contributed by atoms with Gasteiger partial charge in [-0.25, -0.2) is 4.79 Å². The second-order valence-electron chi connectivity index (χ2n) is 3.63. The van der Waals surface area contributed by atoms with Gasteiger partial charge in [0, 0.05) is 0 Å². The van der Waals surface area contributed by atoms with Crippen molar-refractivity contribution in [3.05, 3.63) is 0 Å². The van der Waals surface area contributed by atoms with Crippen LogP contribution < -0.4 is 5.73 Å². The molecule has 0 amide bonds. The monoisotopic (exact) mass is 233 g/mol. The zero-order valence-corrected chi connectivity index (χ0v) is 9.04. The Morgan fingerprint density at radius 2 is 1.75 bits per heavy atom. The molecule has 2 atom stereocenters. The highest BCUT2D eigenvalue weighted by molar-refractivity contribution is 5.84. The van der Waals surface area contributed by atoms with E-state index in [1.54, 1.807) is 13.8 Å². The van der Waals surface area contributed by atoms with Crippen molar-refractivity contribution < 1.29 is 29.3 Å². The molecule has 16 heavy (non-hydrogen) atoms. The number of carboxylic acids is 2. The van der Waals surface area contributed by atoms with Crippen LogP contribution in [0.2, 0.25) is 0 Å². The van der Waals surface area contributed by atoms with Crippen LogP contribution in [-0.2, 0) is 19.1 Å². The number of carbonyl (C=O) groups is 3. The molecule has 0 bridgehead atoms. The van der Waals surface area contributed by atoms with Gasteiger partial charge < -0.3 is 20.7 Å². The molecule has 0 fully saturated rings. The third-order valence-electron chi connectivity index (χ3n) is 1.88. The van der Waals surface area contributed by atoms with E-state index in [1.807, 2.05) is 0 Å². The second-order valence-corrected chi connectivity index (χ2v) is 3.63. The summed E-state index contributed by atoms with van der Waals surface area (Å²) in [4.78, 5) is 32.2. The first-order chi connectivity index (χ1) is 7.25. The molecule has 0 spiro atoms. The fourth-order valence-electron chi connectivity index (χ4n) is 0.829. The topological polar surface area (TPSA) is 127 Å². The Balaban J connectivity index is 4.46. The van der Waals surface area contributed by atoms with Crippen molar-refractivity contribution in [3.8, 4) is 0 Å². The van der Waals surface area contributed by atoms with Gasteiger partial charge in [0.2, 0.25) is 6.10 Å². The van der Waals surface area contributed by atoms with Gasteiger partial charge in [0.05, 0.1) is 6.42 Å². The number of carbonyl (C=O) groups excluding carboxylic acids is 1. The minimum Gasteiger partial charge on any atom is -0.481 e. The smallest absolute Gasteiger partial charge is 0.345 e. The minimum atomic E-state index is -1.70. The molecule has 0 aromatic rings. The van der Waals surface area contributed by atoms with Gasteiger partial charge in [-0.1, -0.05) is 13.8 Å². The van der Waals surface area contributed by atoms with Crippen molar-refractivity contribution in [1.29, 1.82) is 0 Å². The number of carboxylic acid groups (broad SMARTS) is 2. The Morgan fingerprint density at radius 3 is 2.06 bits per heavy atom. The van der Waals surface area contributed by atoms with Crippen LogP contribution >= 0.6 is 0 Å². The Kier molecular flexibility index (Phi) is 5.44. The number of ether oxygens (including phenoxy) is 1. The third-order valence-corrected chi connectivity index (χ3v) is 1.88. The van der Waals surface area contributed by atoms with Crippen molar-refractivity contribution in [2.45, 2.75) is 32.4 Å². The molecule has 0 saturated carbocycles. The normalized spacial score (nSPS) is 14.2.